The number of hydrazone groups is 1. The fourth-order valence-electron chi connectivity index (χ4n) is 2.81. The second-order valence-corrected chi connectivity index (χ2v) is 6.69. The summed E-state index contributed by atoms with van der Waals surface area (Å²) >= 11 is 0. The molecule has 7 heteroatoms. The molecule has 3 rings (SSSR count). The van der Waals surface area contributed by atoms with E-state index in [1.807, 2.05) is 54.6 Å². The zero-order chi connectivity index (χ0) is 21.5. The molecule has 0 aliphatic heterocycles. The van der Waals surface area contributed by atoms with Crippen LogP contribution >= 0.6 is 0 Å². The highest BCUT2D eigenvalue weighted by atomic mass is 16.6. The van der Waals surface area contributed by atoms with Crippen molar-refractivity contribution in [2.75, 3.05) is 6.61 Å². The minimum atomic E-state index is -0.540. The molecule has 0 spiro atoms. The molecule has 0 saturated heterocycles. The maximum atomic E-state index is 12.0. The summed E-state index contributed by atoms with van der Waals surface area (Å²) in [6.45, 7) is 3.14. The van der Waals surface area contributed by atoms with E-state index in [-0.39, 0.29) is 18.0 Å². The summed E-state index contributed by atoms with van der Waals surface area (Å²) in [5, 5.41) is 15.2. The fraction of sp³-hybridized carbons (Fsp3) is 0.130. The molecular weight excluding hydrogens is 382 g/mol. The van der Waals surface area contributed by atoms with Gasteiger partial charge in [0.25, 0.3) is 5.91 Å². The van der Waals surface area contributed by atoms with Crippen LogP contribution in [0.2, 0.25) is 0 Å². The number of rotatable bonds is 7. The molecule has 0 saturated carbocycles. The van der Waals surface area contributed by atoms with Gasteiger partial charge in [-0.1, -0.05) is 60.7 Å². The highest BCUT2D eigenvalue weighted by Crippen LogP contribution is 2.27. The Balaban J connectivity index is 1.59. The number of benzene rings is 3. The Labute approximate surface area is 174 Å². The van der Waals surface area contributed by atoms with Crippen LogP contribution in [0.4, 0.5) is 5.69 Å². The van der Waals surface area contributed by atoms with Gasteiger partial charge in [-0.3, -0.25) is 14.9 Å². The first-order valence-corrected chi connectivity index (χ1v) is 9.31. The molecule has 0 aliphatic rings. The van der Waals surface area contributed by atoms with E-state index in [0.29, 0.717) is 5.71 Å². The second kappa shape index (κ2) is 9.47. The van der Waals surface area contributed by atoms with Crippen LogP contribution in [-0.2, 0) is 4.79 Å². The molecule has 0 fully saturated rings. The van der Waals surface area contributed by atoms with Crippen molar-refractivity contribution < 1.29 is 14.5 Å². The standard InChI is InChI=1S/C23H21N3O4/c1-16-8-13-22(21(14-16)26(28)29)30-15-23(27)25-24-17(2)18-9-11-20(12-10-18)19-6-4-3-5-7-19/h3-14H,15H2,1-2H3,(H,25,27). The summed E-state index contributed by atoms with van der Waals surface area (Å²) in [4.78, 5) is 22.6. The number of nitro benzene ring substituents is 1. The van der Waals surface area contributed by atoms with Crippen LogP contribution in [0.1, 0.15) is 18.1 Å². The number of carbonyl (C=O) groups excluding carboxylic acids is 1. The Morgan fingerprint density at radius 1 is 1.03 bits per heavy atom. The Morgan fingerprint density at radius 3 is 2.37 bits per heavy atom. The highest BCUT2D eigenvalue weighted by Gasteiger charge is 2.16. The van der Waals surface area contributed by atoms with Crippen LogP contribution in [0.3, 0.4) is 0 Å². The molecule has 152 valence electrons. The summed E-state index contributed by atoms with van der Waals surface area (Å²) < 4.78 is 5.29. The third-order valence-corrected chi connectivity index (χ3v) is 4.43. The molecule has 7 nitrogen and oxygen atoms in total. The number of nitrogens with one attached hydrogen (secondary N) is 1. The molecule has 0 heterocycles. The number of hydrogen-bond acceptors (Lipinski definition) is 5. The van der Waals surface area contributed by atoms with E-state index in [9.17, 15) is 14.9 Å². The van der Waals surface area contributed by atoms with Gasteiger partial charge < -0.3 is 4.74 Å². The van der Waals surface area contributed by atoms with Crippen molar-refractivity contribution in [2.24, 2.45) is 5.10 Å². The van der Waals surface area contributed by atoms with Crippen LogP contribution in [0, 0.1) is 17.0 Å². The zero-order valence-corrected chi connectivity index (χ0v) is 16.7. The molecule has 0 unspecified atom stereocenters. The van der Waals surface area contributed by atoms with E-state index in [0.717, 1.165) is 22.3 Å². The molecule has 1 amide bonds. The molecule has 0 aliphatic carbocycles. The molecule has 1 N–H and O–H groups in total. The average molecular weight is 403 g/mol. The number of hydrogen-bond donors (Lipinski definition) is 1. The van der Waals surface area contributed by atoms with Gasteiger partial charge in [0.2, 0.25) is 0 Å². The summed E-state index contributed by atoms with van der Waals surface area (Å²) in [5.41, 5.74) is 6.67. The van der Waals surface area contributed by atoms with Gasteiger partial charge in [0.05, 0.1) is 10.6 Å². The Morgan fingerprint density at radius 2 is 1.70 bits per heavy atom. The lowest BCUT2D eigenvalue weighted by Crippen LogP contribution is -2.25. The van der Waals surface area contributed by atoms with Crippen LogP contribution in [0.5, 0.6) is 5.75 Å². The van der Waals surface area contributed by atoms with E-state index in [4.69, 9.17) is 4.74 Å². The Kier molecular flexibility index (Phi) is 6.54. The summed E-state index contributed by atoms with van der Waals surface area (Å²) in [5.74, 6) is -0.469. The van der Waals surface area contributed by atoms with E-state index in [1.165, 1.54) is 12.1 Å². The van der Waals surface area contributed by atoms with Crippen molar-refractivity contribution in [3.63, 3.8) is 0 Å². The van der Waals surface area contributed by atoms with Crippen molar-refractivity contribution in [3.05, 3.63) is 94.0 Å². The van der Waals surface area contributed by atoms with Crippen molar-refractivity contribution in [1.29, 1.82) is 0 Å². The molecule has 0 aromatic heterocycles. The third kappa shape index (κ3) is 5.29. The number of nitro groups is 1. The van der Waals surface area contributed by atoms with E-state index in [1.54, 1.807) is 19.9 Å². The van der Waals surface area contributed by atoms with Crippen LogP contribution < -0.4 is 10.2 Å². The number of amides is 1. The van der Waals surface area contributed by atoms with E-state index >= 15 is 0 Å². The van der Waals surface area contributed by atoms with Gasteiger partial charge in [-0.15, -0.1) is 0 Å². The zero-order valence-electron chi connectivity index (χ0n) is 16.7. The summed E-state index contributed by atoms with van der Waals surface area (Å²) in [6, 6.07) is 22.4. The minimum Gasteiger partial charge on any atom is -0.477 e. The molecule has 0 bridgehead atoms. The SMILES string of the molecule is CC(=NNC(=O)COc1ccc(C)cc1[N+](=O)[O-])c1ccc(-c2ccccc2)cc1. The third-order valence-electron chi connectivity index (χ3n) is 4.43. The van der Waals surface area contributed by atoms with Gasteiger partial charge in [-0.25, -0.2) is 5.43 Å². The molecule has 30 heavy (non-hydrogen) atoms. The van der Waals surface area contributed by atoms with Crippen LogP contribution in [0.25, 0.3) is 11.1 Å². The van der Waals surface area contributed by atoms with Crippen LogP contribution in [-0.4, -0.2) is 23.1 Å². The summed E-state index contributed by atoms with van der Waals surface area (Å²) in [7, 11) is 0. The molecule has 3 aromatic rings. The first-order valence-electron chi connectivity index (χ1n) is 9.31. The van der Waals surface area contributed by atoms with Gasteiger partial charge >= 0.3 is 5.69 Å². The number of nitrogens with zero attached hydrogens (tertiary/aromatic N) is 2. The number of ether oxygens (including phenoxy) is 1. The second-order valence-electron chi connectivity index (χ2n) is 6.69. The lowest BCUT2D eigenvalue weighted by molar-refractivity contribution is -0.385. The smallest absolute Gasteiger partial charge is 0.311 e. The average Bonchev–Trinajstić information content (AvgIpc) is 2.77. The Hall–Kier alpha value is -4.00. The van der Waals surface area contributed by atoms with E-state index in [2.05, 4.69) is 10.5 Å². The fourth-order valence-corrected chi connectivity index (χ4v) is 2.81. The van der Waals surface area contributed by atoms with Gasteiger partial charge in [-0.2, -0.15) is 5.10 Å². The number of carbonyl (C=O) groups is 1. The first-order chi connectivity index (χ1) is 14.4. The molecule has 0 atom stereocenters. The van der Waals surface area contributed by atoms with Crippen molar-refractivity contribution in [1.82, 2.24) is 5.43 Å². The first kappa shape index (κ1) is 20.7. The largest absolute Gasteiger partial charge is 0.477 e. The molecule has 0 radical (unpaired) electrons. The maximum absolute atomic E-state index is 12.0. The topological polar surface area (TPSA) is 93.8 Å². The van der Waals surface area contributed by atoms with Gasteiger partial charge in [0.1, 0.15) is 0 Å². The number of aryl methyl sites for hydroxylation is 1. The lowest BCUT2D eigenvalue weighted by Gasteiger charge is -2.07. The highest BCUT2D eigenvalue weighted by molar-refractivity contribution is 5.99. The Bertz CT molecular complexity index is 1080. The molecular formula is C23H21N3O4. The van der Waals surface area contributed by atoms with Crippen molar-refractivity contribution in [3.8, 4) is 16.9 Å². The predicted octanol–water partition coefficient (Wildman–Crippen LogP) is 4.49. The van der Waals surface area contributed by atoms with Gasteiger partial charge in [0, 0.05) is 6.07 Å². The normalized spacial score (nSPS) is 11.1. The van der Waals surface area contributed by atoms with Gasteiger partial charge in [-0.05, 0) is 42.2 Å². The predicted molar refractivity (Wildman–Crippen MR) is 116 cm³/mol. The minimum absolute atomic E-state index is 0.0398. The molecule has 3 aromatic carbocycles. The van der Waals surface area contributed by atoms with Gasteiger partial charge in [0.15, 0.2) is 12.4 Å². The monoisotopic (exact) mass is 403 g/mol. The van der Waals surface area contributed by atoms with Crippen molar-refractivity contribution >= 4 is 17.3 Å². The lowest BCUT2D eigenvalue weighted by atomic mass is 10.0. The van der Waals surface area contributed by atoms with Crippen LogP contribution in [0.15, 0.2) is 77.9 Å². The van der Waals surface area contributed by atoms with Crippen molar-refractivity contribution in [2.45, 2.75) is 13.8 Å². The quantitative estimate of drug-likeness (QED) is 0.357. The maximum Gasteiger partial charge on any atom is 0.311 e. The summed E-state index contributed by atoms with van der Waals surface area (Å²) in [6.07, 6.45) is 0. The van der Waals surface area contributed by atoms with E-state index < -0.39 is 10.8 Å².